The van der Waals surface area contributed by atoms with Crippen LogP contribution < -0.4 is 5.73 Å². The lowest BCUT2D eigenvalue weighted by Gasteiger charge is -2.38. The van der Waals surface area contributed by atoms with Crippen LogP contribution in [-0.4, -0.2) is 54.5 Å². The zero-order valence-corrected chi connectivity index (χ0v) is 10.4. The van der Waals surface area contributed by atoms with Crippen molar-refractivity contribution >= 4 is 5.91 Å². The lowest BCUT2D eigenvalue weighted by atomic mass is 9.91. The summed E-state index contributed by atoms with van der Waals surface area (Å²) in [6, 6.07) is 0.819. The molecule has 0 aromatic rings. The van der Waals surface area contributed by atoms with Crippen molar-refractivity contribution in [2.75, 3.05) is 32.7 Å². The summed E-state index contributed by atoms with van der Waals surface area (Å²) >= 11 is 0. The van der Waals surface area contributed by atoms with E-state index in [1.165, 1.54) is 12.8 Å². The van der Waals surface area contributed by atoms with Crippen LogP contribution in [0.15, 0.2) is 0 Å². The van der Waals surface area contributed by atoms with Gasteiger partial charge in [-0.05, 0) is 26.7 Å². The van der Waals surface area contributed by atoms with E-state index in [9.17, 15) is 4.79 Å². The highest BCUT2D eigenvalue weighted by Gasteiger charge is 2.35. The first-order chi connectivity index (χ1) is 7.54. The van der Waals surface area contributed by atoms with Gasteiger partial charge in [0.15, 0.2) is 0 Å². The third kappa shape index (κ3) is 2.38. The second-order valence-electron chi connectivity index (χ2n) is 5.65. The largest absolute Gasteiger partial charge is 0.340 e. The van der Waals surface area contributed by atoms with Gasteiger partial charge in [-0.15, -0.1) is 0 Å². The summed E-state index contributed by atoms with van der Waals surface area (Å²) in [4.78, 5) is 16.7. The summed E-state index contributed by atoms with van der Waals surface area (Å²) in [5, 5.41) is 0. The Morgan fingerprint density at radius 3 is 2.25 bits per heavy atom. The molecule has 4 heteroatoms. The molecule has 1 aliphatic heterocycles. The number of hydrogen-bond acceptors (Lipinski definition) is 3. The van der Waals surface area contributed by atoms with Gasteiger partial charge in [0, 0.05) is 38.8 Å². The molecule has 1 amide bonds. The fourth-order valence-corrected chi connectivity index (χ4v) is 2.25. The van der Waals surface area contributed by atoms with Crippen molar-refractivity contribution < 1.29 is 4.79 Å². The summed E-state index contributed by atoms with van der Waals surface area (Å²) in [6.45, 7) is 8.12. The molecule has 0 aromatic carbocycles. The Morgan fingerprint density at radius 1 is 1.25 bits per heavy atom. The highest BCUT2D eigenvalue weighted by atomic mass is 16.2. The van der Waals surface area contributed by atoms with Gasteiger partial charge in [0.05, 0.1) is 5.41 Å². The van der Waals surface area contributed by atoms with E-state index in [0.29, 0.717) is 6.54 Å². The van der Waals surface area contributed by atoms with Gasteiger partial charge in [0.25, 0.3) is 0 Å². The second-order valence-corrected chi connectivity index (χ2v) is 5.65. The van der Waals surface area contributed by atoms with Crippen molar-refractivity contribution in [1.82, 2.24) is 9.80 Å². The van der Waals surface area contributed by atoms with Gasteiger partial charge in [-0.3, -0.25) is 9.69 Å². The van der Waals surface area contributed by atoms with Gasteiger partial charge < -0.3 is 10.6 Å². The van der Waals surface area contributed by atoms with E-state index in [-0.39, 0.29) is 5.91 Å². The first-order valence-electron chi connectivity index (χ1n) is 6.28. The van der Waals surface area contributed by atoms with Crippen LogP contribution in [0.3, 0.4) is 0 Å². The number of hydrogen-bond donors (Lipinski definition) is 1. The van der Waals surface area contributed by atoms with Crippen molar-refractivity contribution in [1.29, 1.82) is 0 Å². The van der Waals surface area contributed by atoms with Gasteiger partial charge in [0.1, 0.15) is 0 Å². The van der Waals surface area contributed by atoms with E-state index in [2.05, 4.69) is 4.90 Å². The van der Waals surface area contributed by atoms with Crippen LogP contribution in [0.1, 0.15) is 26.7 Å². The number of piperazine rings is 1. The first kappa shape index (κ1) is 11.9. The normalized spacial score (nSPS) is 23.6. The molecule has 1 aliphatic carbocycles. The summed E-state index contributed by atoms with van der Waals surface area (Å²) in [5.74, 6) is 0.213. The number of carbonyl (C=O) groups is 1. The maximum atomic E-state index is 12.2. The molecular formula is C12H23N3O. The zero-order valence-electron chi connectivity index (χ0n) is 10.4. The molecule has 1 saturated carbocycles. The van der Waals surface area contributed by atoms with Crippen molar-refractivity contribution in [3.05, 3.63) is 0 Å². The molecule has 0 bridgehead atoms. The highest BCUT2D eigenvalue weighted by molar-refractivity contribution is 5.82. The van der Waals surface area contributed by atoms with Crippen molar-refractivity contribution in [3.8, 4) is 0 Å². The molecular weight excluding hydrogens is 202 g/mol. The SMILES string of the molecule is CC(C)(CN)C(=O)N1CCN(C2CC2)CC1. The van der Waals surface area contributed by atoms with Crippen molar-refractivity contribution in [3.63, 3.8) is 0 Å². The van der Waals surface area contributed by atoms with Crippen LogP contribution >= 0.6 is 0 Å². The Morgan fingerprint density at radius 2 is 1.81 bits per heavy atom. The molecule has 16 heavy (non-hydrogen) atoms. The predicted octanol–water partition coefficient (Wildman–Crippen LogP) is 0.278. The summed E-state index contributed by atoms with van der Waals surface area (Å²) in [7, 11) is 0. The van der Waals surface area contributed by atoms with Crippen LogP contribution in [0.2, 0.25) is 0 Å². The Labute approximate surface area is 97.8 Å². The maximum absolute atomic E-state index is 12.2. The number of rotatable bonds is 3. The number of nitrogens with two attached hydrogens (primary N) is 1. The van der Waals surface area contributed by atoms with Crippen molar-refractivity contribution in [2.24, 2.45) is 11.1 Å². The minimum atomic E-state index is -0.401. The molecule has 1 saturated heterocycles. The number of carbonyl (C=O) groups excluding carboxylic acids is 1. The molecule has 0 spiro atoms. The molecule has 92 valence electrons. The fourth-order valence-electron chi connectivity index (χ4n) is 2.25. The van der Waals surface area contributed by atoms with Gasteiger partial charge in [-0.25, -0.2) is 0 Å². The summed E-state index contributed by atoms with van der Waals surface area (Å²) < 4.78 is 0. The third-order valence-corrected chi connectivity index (χ3v) is 3.75. The van der Waals surface area contributed by atoms with E-state index in [1.807, 2.05) is 18.7 Å². The van der Waals surface area contributed by atoms with E-state index >= 15 is 0 Å². The van der Waals surface area contributed by atoms with Gasteiger partial charge in [-0.2, -0.15) is 0 Å². The minimum Gasteiger partial charge on any atom is -0.340 e. The molecule has 2 fully saturated rings. The molecule has 0 atom stereocenters. The average molecular weight is 225 g/mol. The topological polar surface area (TPSA) is 49.6 Å². The Kier molecular flexibility index (Phi) is 3.22. The lowest BCUT2D eigenvalue weighted by Crippen LogP contribution is -2.53. The van der Waals surface area contributed by atoms with Gasteiger partial charge in [-0.1, -0.05) is 0 Å². The smallest absolute Gasteiger partial charge is 0.229 e. The van der Waals surface area contributed by atoms with E-state index < -0.39 is 5.41 Å². The molecule has 1 heterocycles. The standard InChI is InChI=1S/C12H23N3O/c1-12(2,9-13)11(16)15-7-5-14(6-8-15)10-3-4-10/h10H,3-9,13H2,1-2H3. The highest BCUT2D eigenvalue weighted by Crippen LogP contribution is 2.28. The van der Waals surface area contributed by atoms with Gasteiger partial charge in [0.2, 0.25) is 5.91 Å². The minimum absolute atomic E-state index is 0.213. The number of nitrogens with zero attached hydrogens (tertiary/aromatic N) is 2. The fraction of sp³-hybridized carbons (Fsp3) is 0.917. The van der Waals surface area contributed by atoms with Crippen LogP contribution in [0.5, 0.6) is 0 Å². The Balaban J connectivity index is 1.85. The summed E-state index contributed by atoms with van der Waals surface area (Å²) in [6.07, 6.45) is 2.70. The number of amides is 1. The third-order valence-electron chi connectivity index (χ3n) is 3.75. The van der Waals surface area contributed by atoms with E-state index in [4.69, 9.17) is 5.73 Å². The zero-order chi connectivity index (χ0) is 11.8. The maximum Gasteiger partial charge on any atom is 0.229 e. The quantitative estimate of drug-likeness (QED) is 0.750. The Hall–Kier alpha value is -0.610. The van der Waals surface area contributed by atoms with Crippen LogP contribution in [0.4, 0.5) is 0 Å². The molecule has 2 N–H and O–H groups in total. The molecule has 0 unspecified atom stereocenters. The van der Waals surface area contributed by atoms with E-state index in [1.54, 1.807) is 0 Å². The molecule has 2 aliphatic rings. The Bertz CT molecular complexity index is 265. The van der Waals surface area contributed by atoms with Crippen molar-refractivity contribution in [2.45, 2.75) is 32.7 Å². The van der Waals surface area contributed by atoms with Gasteiger partial charge >= 0.3 is 0 Å². The molecule has 4 nitrogen and oxygen atoms in total. The van der Waals surface area contributed by atoms with Crippen LogP contribution in [0.25, 0.3) is 0 Å². The van der Waals surface area contributed by atoms with Crippen LogP contribution in [0, 0.1) is 5.41 Å². The molecule has 2 rings (SSSR count). The van der Waals surface area contributed by atoms with E-state index in [0.717, 1.165) is 32.2 Å². The molecule has 0 aromatic heterocycles. The lowest BCUT2D eigenvalue weighted by molar-refractivity contribution is -0.141. The monoisotopic (exact) mass is 225 g/mol. The first-order valence-corrected chi connectivity index (χ1v) is 6.28. The van der Waals surface area contributed by atoms with Crippen LogP contribution in [-0.2, 0) is 4.79 Å². The average Bonchev–Trinajstić information content (AvgIpc) is 3.12. The predicted molar refractivity (Wildman–Crippen MR) is 64.0 cm³/mol. The molecule has 0 radical (unpaired) electrons. The second kappa shape index (κ2) is 4.34. The summed E-state index contributed by atoms with van der Waals surface area (Å²) in [5.41, 5.74) is 5.24.